The van der Waals surface area contributed by atoms with Gasteiger partial charge in [-0.05, 0) is 44.8 Å². The average Bonchev–Trinajstić information content (AvgIpc) is 3.02. The first-order valence-corrected chi connectivity index (χ1v) is 8.47. The molecule has 2 aromatic rings. The van der Waals surface area contributed by atoms with Crippen molar-refractivity contribution in [3.05, 3.63) is 63.6 Å². The Hall–Kier alpha value is -1.85. The number of carbonyl (C=O) groups is 1. The molecule has 120 valence electrons. The number of hydrogen-bond acceptors (Lipinski definition) is 3. The first kappa shape index (κ1) is 16.0. The summed E-state index contributed by atoms with van der Waals surface area (Å²) in [5, 5.41) is 6.26. The second kappa shape index (κ2) is 7.62. The zero-order valence-electron chi connectivity index (χ0n) is 12.8. The number of nitrogens with one attached hydrogen (secondary N) is 2. The monoisotopic (exact) mass is 374 g/mol. The third-order valence-corrected chi connectivity index (χ3v) is 4.47. The summed E-state index contributed by atoms with van der Waals surface area (Å²) in [5.41, 5.74) is 3.81. The molecular formula is C18H19BrN2O2. The van der Waals surface area contributed by atoms with E-state index in [9.17, 15) is 4.79 Å². The zero-order chi connectivity index (χ0) is 16.1. The van der Waals surface area contributed by atoms with E-state index in [4.69, 9.17) is 4.74 Å². The predicted molar refractivity (Wildman–Crippen MR) is 93.1 cm³/mol. The van der Waals surface area contributed by atoms with Gasteiger partial charge in [-0.15, -0.1) is 0 Å². The van der Waals surface area contributed by atoms with Crippen molar-refractivity contribution in [1.29, 1.82) is 0 Å². The van der Waals surface area contributed by atoms with Crippen LogP contribution in [0.15, 0.2) is 46.9 Å². The molecule has 3 rings (SSSR count). The lowest BCUT2D eigenvalue weighted by atomic mass is 10.1. The van der Waals surface area contributed by atoms with Gasteiger partial charge < -0.3 is 15.4 Å². The molecule has 0 bridgehead atoms. The van der Waals surface area contributed by atoms with Gasteiger partial charge in [0.05, 0.1) is 17.5 Å². The van der Waals surface area contributed by atoms with Gasteiger partial charge in [-0.25, -0.2) is 0 Å². The minimum atomic E-state index is -0.00400. The Morgan fingerprint density at radius 3 is 2.87 bits per heavy atom. The van der Waals surface area contributed by atoms with Gasteiger partial charge in [0.1, 0.15) is 5.75 Å². The van der Waals surface area contributed by atoms with E-state index in [1.54, 1.807) is 0 Å². The summed E-state index contributed by atoms with van der Waals surface area (Å²) in [7, 11) is 0. The summed E-state index contributed by atoms with van der Waals surface area (Å²) >= 11 is 3.42. The number of amides is 1. The number of halogens is 1. The van der Waals surface area contributed by atoms with Crippen LogP contribution >= 0.6 is 15.9 Å². The molecule has 0 saturated heterocycles. The van der Waals surface area contributed by atoms with E-state index in [0.29, 0.717) is 19.6 Å². The quantitative estimate of drug-likeness (QED) is 0.816. The van der Waals surface area contributed by atoms with Crippen LogP contribution in [0.2, 0.25) is 0 Å². The minimum Gasteiger partial charge on any atom is -0.492 e. The van der Waals surface area contributed by atoms with Crippen molar-refractivity contribution < 1.29 is 9.53 Å². The number of benzene rings is 2. The number of para-hydroxylation sites is 1. The van der Waals surface area contributed by atoms with E-state index in [1.165, 1.54) is 11.1 Å². The van der Waals surface area contributed by atoms with Crippen molar-refractivity contribution in [2.75, 3.05) is 6.61 Å². The Labute approximate surface area is 144 Å². The molecule has 1 aliphatic heterocycles. The van der Waals surface area contributed by atoms with Crippen molar-refractivity contribution in [2.24, 2.45) is 0 Å². The smallest absolute Gasteiger partial charge is 0.223 e. The zero-order valence-corrected chi connectivity index (χ0v) is 14.4. The van der Waals surface area contributed by atoms with E-state index in [-0.39, 0.29) is 5.91 Å². The van der Waals surface area contributed by atoms with Gasteiger partial charge in [0.2, 0.25) is 5.91 Å². The van der Waals surface area contributed by atoms with Gasteiger partial charge in [0, 0.05) is 19.6 Å². The number of rotatable bonds is 6. The summed E-state index contributed by atoms with van der Waals surface area (Å²) in [6.45, 7) is 2.77. The topological polar surface area (TPSA) is 50.4 Å². The largest absolute Gasteiger partial charge is 0.492 e. The lowest BCUT2D eigenvalue weighted by molar-refractivity contribution is -0.121. The van der Waals surface area contributed by atoms with E-state index in [1.807, 2.05) is 24.3 Å². The number of fused-ring (bicyclic) bond motifs is 1. The molecule has 0 unspecified atom stereocenters. The van der Waals surface area contributed by atoms with E-state index >= 15 is 0 Å². The molecule has 0 spiro atoms. The van der Waals surface area contributed by atoms with Crippen LogP contribution in [0.1, 0.15) is 23.1 Å². The Kier molecular flexibility index (Phi) is 5.31. The second-order valence-electron chi connectivity index (χ2n) is 5.51. The molecular weight excluding hydrogens is 356 g/mol. The molecule has 1 heterocycles. The summed E-state index contributed by atoms with van der Waals surface area (Å²) in [5.74, 6) is 0.752. The first-order valence-electron chi connectivity index (χ1n) is 7.68. The fourth-order valence-electron chi connectivity index (χ4n) is 2.56. The molecule has 1 aliphatic rings. The third kappa shape index (κ3) is 4.33. The molecule has 0 atom stereocenters. The van der Waals surface area contributed by atoms with Gasteiger partial charge in [0.25, 0.3) is 0 Å². The van der Waals surface area contributed by atoms with Crippen LogP contribution in [0, 0.1) is 0 Å². The molecule has 23 heavy (non-hydrogen) atoms. The lowest BCUT2D eigenvalue weighted by Crippen LogP contribution is -2.24. The Morgan fingerprint density at radius 1 is 1.17 bits per heavy atom. The minimum absolute atomic E-state index is 0.00400. The normalized spacial score (nSPS) is 12.7. The number of hydrogen-bond donors (Lipinski definition) is 2. The molecule has 5 heteroatoms. The predicted octanol–water partition coefficient (Wildman–Crippen LogP) is 3.14. The van der Waals surface area contributed by atoms with Crippen molar-refractivity contribution in [2.45, 2.75) is 26.1 Å². The van der Waals surface area contributed by atoms with Crippen LogP contribution in [-0.4, -0.2) is 12.5 Å². The van der Waals surface area contributed by atoms with Crippen molar-refractivity contribution in [3.8, 4) is 5.75 Å². The third-order valence-electron chi connectivity index (χ3n) is 3.81. The Morgan fingerprint density at radius 2 is 2.00 bits per heavy atom. The molecule has 0 radical (unpaired) electrons. The first-order chi connectivity index (χ1) is 11.2. The van der Waals surface area contributed by atoms with Crippen LogP contribution < -0.4 is 15.4 Å². The molecule has 0 fully saturated rings. The van der Waals surface area contributed by atoms with E-state index < -0.39 is 0 Å². The standard InChI is InChI=1S/C18H19BrN2O2/c19-16-3-1-2-4-17(16)23-8-7-18(22)21-10-13-5-6-14-11-20-12-15(14)9-13/h1-6,9,20H,7-8,10-12H2,(H,21,22). The van der Waals surface area contributed by atoms with Gasteiger partial charge >= 0.3 is 0 Å². The maximum Gasteiger partial charge on any atom is 0.223 e. The second-order valence-corrected chi connectivity index (χ2v) is 6.37. The fraction of sp³-hybridized carbons (Fsp3) is 0.278. The lowest BCUT2D eigenvalue weighted by Gasteiger charge is -2.09. The molecule has 0 saturated carbocycles. The van der Waals surface area contributed by atoms with Crippen LogP contribution in [-0.2, 0) is 24.4 Å². The maximum atomic E-state index is 11.9. The van der Waals surface area contributed by atoms with Gasteiger partial charge in [0.15, 0.2) is 0 Å². The van der Waals surface area contributed by atoms with Gasteiger partial charge in [-0.3, -0.25) is 4.79 Å². The van der Waals surface area contributed by atoms with E-state index in [0.717, 1.165) is 28.9 Å². The number of ether oxygens (including phenoxy) is 1. The molecule has 2 aromatic carbocycles. The number of carbonyl (C=O) groups excluding carboxylic acids is 1. The summed E-state index contributed by atoms with van der Waals surface area (Å²) in [6.07, 6.45) is 0.341. The van der Waals surface area contributed by atoms with Gasteiger partial charge in [-0.1, -0.05) is 30.3 Å². The molecule has 0 aliphatic carbocycles. The van der Waals surface area contributed by atoms with E-state index in [2.05, 4.69) is 44.8 Å². The fourth-order valence-corrected chi connectivity index (χ4v) is 2.96. The van der Waals surface area contributed by atoms with Crippen LogP contribution in [0.3, 0.4) is 0 Å². The molecule has 2 N–H and O–H groups in total. The Bertz CT molecular complexity index is 703. The highest BCUT2D eigenvalue weighted by atomic mass is 79.9. The highest BCUT2D eigenvalue weighted by Crippen LogP contribution is 2.23. The van der Waals surface area contributed by atoms with Crippen molar-refractivity contribution in [1.82, 2.24) is 10.6 Å². The van der Waals surface area contributed by atoms with Crippen LogP contribution in [0.25, 0.3) is 0 Å². The average molecular weight is 375 g/mol. The molecule has 0 aromatic heterocycles. The highest BCUT2D eigenvalue weighted by Gasteiger charge is 2.10. The SMILES string of the molecule is O=C(CCOc1ccccc1Br)NCc1ccc2c(c1)CNC2. The summed E-state index contributed by atoms with van der Waals surface area (Å²) in [6, 6.07) is 14.0. The van der Waals surface area contributed by atoms with Crippen LogP contribution in [0.4, 0.5) is 0 Å². The van der Waals surface area contributed by atoms with Crippen molar-refractivity contribution in [3.63, 3.8) is 0 Å². The molecule has 4 nitrogen and oxygen atoms in total. The highest BCUT2D eigenvalue weighted by molar-refractivity contribution is 9.10. The summed E-state index contributed by atoms with van der Waals surface area (Å²) in [4.78, 5) is 11.9. The summed E-state index contributed by atoms with van der Waals surface area (Å²) < 4.78 is 6.50. The van der Waals surface area contributed by atoms with Crippen LogP contribution in [0.5, 0.6) is 5.75 Å². The Balaban J connectivity index is 1.42. The van der Waals surface area contributed by atoms with Gasteiger partial charge in [-0.2, -0.15) is 0 Å². The van der Waals surface area contributed by atoms with Crippen molar-refractivity contribution >= 4 is 21.8 Å². The molecule has 1 amide bonds. The maximum absolute atomic E-state index is 11.9.